The molecule has 0 bridgehead atoms. The third kappa shape index (κ3) is 3.60. The summed E-state index contributed by atoms with van der Waals surface area (Å²) in [5.41, 5.74) is 0. The Kier molecular flexibility index (Phi) is 4.75. The fourth-order valence-corrected chi connectivity index (χ4v) is 1.22. The van der Waals surface area contributed by atoms with E-state index in [-0.39, 0.29) is 6.10 Å². The predicted molar refractivity (Wildman–Crippen MR) is 54.8 cm³/mol. The van der Waals surface area contributed by atoms with E-state index in [4.69, 9.17) is 4.74 Å². The van der Waals surface area contributed by atoms with Crippen molar-refractivity contribution in [2.24, 2.45) is 5.10 Å². The van der Waals surface area contributed by atoms with Gasteiger partial charge in [0.25, 0.3) is 6.47 Å². The molecule has 0 spiro atoms. The lowest BCUT2D eigenvalue weighted by Crippen LogP contribution is -2.22. The molecular weight excluding hydrogens is 180 g/mol. The monoisotopic (exact) mass is 196 g/mol. The molecule has 1 unspecified atom stereocenters. The standard InChI is InChI=1S/C10H16N2O2/c1-2-3-4-6-12-7-5-10(8-11-12)14-9-13/h5,7-10H,2-4,6H2,1H3. The first-order valence-electron chi connectivity index (χ1n) is 4.95. The van der Waals surface area contributed by atoms with Crippen LogP contribution < -0.4 is 0 Å². The number of carbonyl (C=O) groups excluding carboxylic acids is 1. The maximum Gasteiger partial charge on any atom is 0.294 e. The van der Waals surface area contributed by atoms with E-state index in [1.807, 2.05) is 17.3 Å². The maximum absolute atomic E-state index is 10.0. The van der Waals surface area contributed by atoms with Gasteiger partial charge in [0.1, 0.15) is 0 Å². The van der Waals surface area contributed by atoms with Crippen molar-refractivity contribution >= 4 is 12.7 Å². The Balaban J connectivity index is 2.23. The molecule has 0 aromatic carbocycles. The number of hydrogen-bond donors (Lipinski definition) is 0. The molecule has 0 aromatic heterocycles. The van der Waals surface area contributed by atoms with Crippen molar-refractivity contribution in [3.05, 3.63) is 12.3 Å². The Morgan fingerprint density at radius 1 is 1.57 bits per heavy atom. The molecule has 0 amide bonds. The van der Waals surface area contributed by atoms with Gasteiger partial charge in [0.15, 0.2) is 6.10 Å². The first-order valence-corrected chi connectivity index (χ1v) is 4.95. The summed E-state index contributed by atoms with van der Waals surface area (Å²) in [6.07, 6.45) is 8.55. The van der Waals surface area contributed by atoms with Crippen molar-refractivity contribution in [3.63, 3.8) is 0 Å². The van der Waals surface area contributed by atoms with Crippen LogP contribution in [0.4, 0.5) is 0 Å². The zero-order valence-corrected chi connectivity index (χ0v) is 8.43. The van der Waals surface area contributed by atoms with Crippen molar-refractivity contribution in [3.8, 4) is 0 Å². The predicted octanol–water partition coefficient (Wildman–Crippen LogP) is 1.53. The smallest absolute Gasteiger partial charge is 0.294 e. The molecule has 14 heavy (non-hydrogen) atoms. The third-order valence-corrected chi connectivity index (χ3v) is 2.01. The molecule has 0 saturated heterocycles. The summed E-state index contributed by atoms with van der Waals surface area (Å²) < 4.78 is 4.71. The van der Waals surface area contributed by atoms with Crippen LogP contribution in [0.2, 0.25) is 0 Å². The molecular formula is C10H16N2O2. The van der Waals surface area contributed by atoms with Gasteiger partial charge in [0.2, 0.25) is 0 Å². The molecule has 4 nitrogen and oxygen atoms in total. The minimum absolute atomic E-state index is 0.296. The minimum Gasteiger partial charge on any atom is -0.454 e. The molecule has 1 rings (SSSR count). The van der Waals surface area contributed by atoms with E-state index in [1.54, 1.807) is 6.21 Å². The van der Waals surface area contributed by atoms with Crippen LogP contribution in [0.3, 0.4) is 0 Å². The van der Waals surface area contributed by atoms with Gasteiger partial charge in [0, 0.05) is 12.7 Å². The van der Waals surface area contributed by atoms with Gasteiger partial charge in [-0.3, -0.25) is 9.80 Å². The van der Waals surface area contributed by atoms with Crippen molar-refractivity contribution in [1.29, 1.82) is 0 Å². The van der Waals surface area contributed by atoms with Crippen molar-refractivity contribution in [2.75, 3.05) is 6.54 Å². The van der Waals surface area contributed by atoms with Gasteiger partial charge in [-0.25, -0.2) is 0 Å². The molecule has 0 N–H and O–H groups in total. The quantitative estimate of drug-likeness (QED) is 0.478. The molecule has 0 fully saturated rings. The average molecular weight is 196 g/mol. The van der Waals surface area contributed by atoms with Crippen molar-refractivity contribution in [2.45, 2.75) is 32.3 Å². The highest BCUT2D eigenvalue weighted by molar-refractivity contribution is 5.68. The fraction of sp³-hybridized carbons (Fsp3) is 0.600. The van der Waals surface area contributed by atoms with Crippen LogP contribution in [0.25, 0.3) is 0 Å². The Labute approximate surface area is 84.2 Å². The molecule has 78 valence electrons. The molecule has 0 aliphatic carbocycles. The Bertz CT molecular complexity index is 212. The summed E-state index contributed by atoms with van der Waals surface area (Å²) in [4.78, 5) is 10.0. The molecule has 4 heteroatoms. The SMILES string of the molecule is CCCCCN1C=CC(OC=O)C=N1. The van der Waals surface area contributed by atoms with E-state index in [0.29, 0.717) is 6.47 Å². The van der Waals surface area contributed by atoms with Gasteiger partial charge in [-0.05, 0) is 12.5 Å². The normalized spacial score (nSPS) is 19.8. The number of nitrogens with zero attached hydrogens (tertiary/aromatic N) is 2. The Morgan fingerprint density at radius 2 is 2.43 bits per heavy atom. The third-order valence-electron chi connectivity index (χ3n) is 2.01. The molecule has 0 radical (unpaired) electrons. The van der Waals surface area contributed by atoms with Gasteiger partial charge in [-0.1, -0.05) is 19.8 Å². The van der Waals surface area contributed by atoms with E-state index in [1.165, 1.54) is 12.8 Å². The number of hydrogen-bond acceptors (Lipinski definition) is 4. The Morgan fingerprint density at radius 3 is 3.00 bits per heavy atom. The van der Waals surface area contributed by atoms with E-state index < -0.39 is 0 Å². The highest BCUT2D eigenvalue weighted by atomic mass is 16.5. The molecule has 1 heterocycles. The topological polar surface area (TPSA) is 41.9 Å². The zero-order chi connectivity index (χ0) is 10.2. The molecule has 0 aromatic rings. The molecule has 0 saturated carbocycles. The number of carbonyl (C=O) groups is 1. The fourth-order valence-electron chi connectivity index (χ4n) is 1.22. The minimum atomic E-state index is -0.296. The van der Waals surface area contributed by atoms with Gasteiger partial charge in [-0.15, -0.1) is 0 Å². The van der Waals surface area contributed by atoms with Gasteiger partial charge in [0.05, 0.1) is 6.21 Å². The van der Waals surface area contributed by atoms with Crippen LogP contribution in [0.1, 0.15) is 26.2 Å². The summed E-state index contributed by atoms with van der Waals surface area (Å²) >= 11 is 0. The van der Waals surface area contributed by atoms with Crippen molar-refractivity contribution < 1.29 is 9.53 Å². The van der Waals surface area contributed by atoms with Crippen LogP contribution in [0.5, 0.6) is 0 Å². The van der Waals surface area contributed by atoms with E-state index in [2.05, 4.69) is 12.0 Å². The summed E-state index contributed by atoms with van der Waals surface area (Å²) in [6.45, 7) is 3.53. The number of unbranched alkanes of at least 4 members (excludes halogenated alkanes) is 2. The summed E-state index contributed by atoms with van der Waals surface area (Å²) in [7, 11) is 0. The van der Waals surface area contributed by atoms with E-state index in [0.717, 1.165) is 13.0 Å². The van der Waals surface area contributed by atoms with Crippen LogP contribution >= 0.6 is 0 Å². The van der Waals surface area contributed by atoms with Gasteiger partial charge in [-0.2, -0.15) is 5.10 Å². The second-order valence-electron chi connectivity index (χ2n) is 3.17. The van der Waals surface area contributed by atoms with Gasteiger partial charge < -0.3 is 4.74 Å². The molecule has 1 atom stereocenters. The first kappa shape index (κ1) is 10.8. The Hall–Kier alpha value is -1.32. The highest BCUT2D eigenvalue weighted by Gasteiger charge is 2.07. The lowest BCUT2D eigenvalue weighted by molar-refractivity contribution is -0.129. The number of rotatable bonds is 6. The molecule has 1 aliphatic rings. The lowest BCUT2D eigenvalue weighted by Gasteiger charge is -2.19. The average Bonchev–Trinajstić information content (AvgIpc) is 2.21. The summed E-state index contributed by atoms with van der Waals surface area (Å²) in [5, 5.41) is 6.00. The second kappa shape index (κ2) is 6.18. The highest BCUT2D eigenvalue weighted by Crippen LogP contribution is 2.05. The maximum atomic E-state index is 10.0. The molecule has 1 aliphatic heterocycles. The zero-order valence-electron chi connectivity index (χ0n) is 8.43. The summed E-state index contributed by atoms with van der Waals surface area (Å²) in [6, 6.07) is 0. The van der Waals surface area contributed by atoms with Crippen LogP contribution in [-0.2, 0) is 9.53 Å². The summed E-state index contributed by atoms with van der Waals surface area (Å²) in [5.74, 6) is 0. The number of ether oxygens (including phenoxy) is 1. The largest absolute Gasteiger partial charge is 0.454 e. The van der Waals surface area contributed by atoms with Crippen LogP contribution in [0.15, 0.2) is 17.4 Å². The lowest BCUT2D eigenvalue weighted by atomic mass is 10.2. The second-order valence-corrected chi connectivity index (χ2v) is 3.17. The van der Waals surface area contributed by atoms with E-state index in [9.17, 15) is 4.79 Å². The van der Waals surface area contributed by atoms with Gasteiger partial charge >= 0.3 is 0 Å². The first-order chi connectivity index (χ1) is 6.86. The van der Waals surface area contributed by atoms with Crippen LogP contribution in [-0.4, -0.2) is 30.3 Å². The van der Waals surface area contributed by atoms with Crippen molar-refractivity contribution in [1.82, 2.24) is 5.01 Å². The van der Waals surface area contributed by atoms with E-state index >= 15 is 0 Å². The number of hydrazone groups is 1. The van der Waals surface area contributed by atoms with Crippen LogP contribution in [0, 0.1) is 0 Å².